The molecule has 2 N–H and O–H groups in total. The highest BCUT2D eigenvalue weighted by Gasteiger charge is 2.17. The Morgan fingerprint density at radius 1 is 1.00 bits per heavy atom. The highest BCUT2D eigenvalue weighted by atomic mass is 32.2. The van der Waals surface area contributed by atoms with Gasteiger partial charge in [0.1, 0.15) is 4.90 Å². The van der Waals surface area contributed by atoms with Crippen LogP contribution in [-0.2, 0) is 10.0 Å². The zero-order chi connectivity index (χ0) is 14.8. The van der Waals surface area contributed by atoms with Crippen molar-refractivity contribution in [2.45, 2.75) is 18.7 Å². The first-order valence-electron chi connectivity index (χ1n) is 5.75. The van der Waals surface area contributed by atoms with Gasteiger partial charge in [0.15, 0.2) is 0 Å². The fourth-order valence-electron chi connectivity index (χ4n) is 1.53. The van der Waals surface area contributed by atoms with Crippen LogP contribution in [0.15, 0.2) is 23.4 Å². The fourth-order valence-corrected chi connectivity index (χ4v) is 2.37. The Bertz CT molecular complexity index is 694. The third-order valence-corrected chi connectivity index (χ3v) is 3.65. The summed E-state index contributed by atoms with van der Waals surface area (Å²) in [6, 6.07) is 1.75. The topological polar surface area (TPSA) is 110 Å². The lowest BCUT2D eigenvalue weighted by molar-refractivity contribution is 0.600. The number of rotatable bonds is 4. The van der Waals surface area contributed by atoms with Gasteiger partial charge in [-0.25, -0.2) is 33.1 Å². The van der Waals surface area contributed by atoms with Gasteiger partial charge in [0.05, 0.1) is 12.4 Å². The molecule has 2 rings (SSSR count). The van der Waals surface area contributed by atoms with Crippen LogP contribution in [0.25, 0.3) is 0 Å². The number of nitrogens with one attached hydrogen (secondary N) is 2. The SMILES string of the molecule is CNc1ncc(S(=O)(=O)Nc2nc(C)cc(C)n2)cn1. The maximum absolute atomic E-state index is 12.1. The monoisotopic (exact) mass is 294 g/mol. The van der Waals surface area contributed by atoms with E-state index in [9.17, 15) is 8.42 Å². The van der Waals surface area contributed by atoms with Crippen molar-refractivity contribution in [3.63, 3.8) is 0 Å². The van der Waals surface area contributed by atoms with Crippen molar-refractivity contribution in [1.29, 1.82) is 0 Å². The Balaban J connectivity index is 2.30. The second kappa shape index (κ2) is 5.37. The number of hydrogen-bond donors (Lipinski definition) is 2. The summed E-state index contributed by atoms with van der Waals surface area (Å²) in [7, 11) is -2.16. The van der Waals surface area contributed by atoms with Crippen molar-refractivity contribution in [2.24, 2.45) is 0 Å². The average Bonchev–Trinajstić information content (AvgIpc) is 2.37. The van der Waals surface area contributed by atoms with Gasteiger partial charge < -0.3 is 5.32 Å². The molecule has 0 saturated heterocycles. The van der Waals surface area contributed by atoms with E-state index in [1.165, 1.54) is 12.4 Å². The van der Waals surface area contributed by atoms with Crippen molar-refractivity contribution in [2.75, 3.05) is 17.1 Å². The maximum atomic E-state index is 12.1. The van der Waals surface area contributed by atoms with Gasteiger partial charge in [0.2, 0.25) is 11.9 Å². The molecule has 9 heteroatoms. The minimum atomic E-state index is -3.80. The molecule has 0 aliphatic carbocycles. The number of aryl methyl sites for hydroxylation is 2. The predicted molar refractivity (Wildman–Crippen MR) is 73.9 cm³/mol. The molecule has 106 valence electrons. The van der Waals surface area contributed by atoms with E-state index >= 15 is 0 Å². The van der Waals surface area contributed by atoms with Gasteiger partial charge in [-0.15, -0.1) is 0 Å². The van der Waals surface area contributed by atoms with E-state index in [2.05, 4.69) is 30.0 Å². The number of hydrogen-bond acceptors (Lipinski definition) is 7. The molecule has 0 spiro atoms. The van der Waals surface area contributed by atoms with Gasteiger partial charge >= 0.3 is 0 Å². The van der Waals surface area contributed by atoms with Crippen LogP contribution < -0.4 is 10.0 Å². The molecule has 8 nitrogen and oxygen atoms in total. The molecule has 0 saturated carbocycles. The highest BCUT2D eigenvalue weighted by Crippen LogP contribution is 2.12. The molecule has 0 unspecified atom stereocenters. The molecular weight excluding hydrogens is 280 g/mol. The summed E-state index contributed by atoms with van der Waals surface area (Å²) in [6.45, 7) is 3.52. The Hall–Kier alpha value is -2.29. The Kier molecular flexibility index (Phi) is 3.79. The summed E-state index contributed by atoms with van der Waals surface area (Å²) in [5, 5.41) is 2.71. The van der Waals surface area contributed by atoms with Crippen LogP contribution in [0.1, 0.15) is 11.4 Å². The molecule has 0 bridgehead atoms. The second-order valence-electron chi connectivity index (χ2n) is 4.07. The second-order valence-corrected chi connectivity index (χ2v) is 5.75. The molecule has 0 aliphatic rings. The van der Waals surface area contributed by atoms with Gasteiger partial charge in [-0.1, -0.05) is 0 Å². The number of nitrogens with zero attached hydrogens (tertiary/aromatic N) is 4. The summed E-state index contributed by atoms with van der Waals surface area (Å²) >= 11 is 0. The lowest BCUT2D eigenvalue weighted by Gasteiger charge is -2.07. The van der Waals surface area contributed by atoms with Crippen LogP contribution in [0.3, 0.4) is 0 Å². The van der Waals surface area contributed by atoms with E-state index < -0.39 is 10.0 Å². The lowest BCUT2D eigenvalue weighted by atomic mass is 10.4. The molecule has 0 radical (unpaired) electrons. The standard InChI is InChI=1S/C11H14N6O2S/c1-7-4-8(2)16-11(15-7)17-20(18,19)9-5-13-10(12-3)14-6-9/h4-6H,1-3H3,(H,12,13,14)(H,15,16,17). The van der Waals surface area contributed by atoms with Crippen molar-refractivity contribution in [3.8, 4) is 0 Å². The van der Waals surface area contributed by atoms with E-state index in [4.69, 9.17) is 0 Å². The first-order valence-corrected chi connectivity index (χ1v) is 7.24. The zero-order valence-electron chi connectivity index (χ0n) is 11.2. The highest BCUT2D eigenvalue weighted by molar-refractivity contribution is 7.92. The van der Waals surface area contributed by atoms with Crippen LogP contribution in [0.2, 0.25) is 0 Å². The van der Waals surface area contributed by atoms with Crippen LogP contribution in [0.4, 0.5) is 11.9 Å². The number of sulfonamides is 1. The van der Waals surface area contributed by atoms with Gasteiger partial charge in [-0.05, 0) is 19.9 Å². The van der Waals surface area contributed by atoms with Crippen molar-refractivity contribution in [1.82, 2.24) is 19.9 Å². The first kappa shape index (κ1) is 14.1. The molecule has 2 aromatic heterocycles. The van der Waals surface area contributed by atoms with E-state index in [0.29, 0.717) is 17.3 Å². The molecule has 0 fully saturated rings. The third kappa shape index (κ3) is 3.18. The Morgan fingerprint density at radius 3 is 2.05 bits per heavy atom. The normalized spacial score (nSPS) is 11.2. The molecule has 0 atom stereocenters. The molecule has 20 heavy (non-hydrogen) atoms. The van der Waals surface area contributed by atoms with Crippen LogP contribution in [0, 0.1) is 13.8 Å². The minimum Gasteiger partial charge on any atom is -0.357 e. The van der Waals surface area contributed by atoms with Crippen LogP contribution in [0.5, 0.6) is 0 Å². The zero-order valence-corrected chi connectivity index (χ0v) is 12.1. The maximum Gasteiger partial charge on any atom is 0.267 e. The lowest BCUT2D eigenvalue weighted by Crippen LogP contribution is -2.16. The summed E-state index contributed by atoms with van der Waals surface area (Å²) in [5.41, 5.74) is 1.36. The van der Waals surface area contributed by atoms with Gasteiger partial charge in [0, 0.05) is 18.4 Å². The first-order chi connectivity index (χ1) is 9.40. The Morgan fingerprint density at radius 2 is 1.55 bits per heavy atom. The number of anilines is 2. The average molecular weight is 294 g/mol. The van der Waals surface area contributed by atoms with Crippen molar-refractivity contribution >= 4 is 21.9 Å². The minimum absolute atomic E-state index is 0.0280. The van der Waals surface area contributed by atoms with E-state index in [1.54, 1.807) is 27.0 Å². The third-order valence-electron chi connectivity index (χ3n) is 2.37. The summed E-state index contributed by atoms with van der Waals surface area (Å²) in [4.78, 5) is 15.7. The molecule has 0 amide bonds. The number of aromatic nitrogens is 4. The quantitative estimate of drug-likeness (QED) is 0.855. The fraction of sp³-hybridized carbons (Fsp3) is 0.273. The molecular formula is C11H14N6O2S. The van der Waals surface area contributed by atoms with Gasteiger partial charge in [-0.2, -0.15) is 0 Å². The van der Waals surface area contributed by atoms with Gasteiger partial charge in [-0.3, -0.25) is 0 Å². The van der Waals surface area contributed by atoms with E-state index in [1.807, 2.05) is 0 Å². The largest absolute Gasteiger partial charge is 0.357 e. The smallest absolute Gasteiger partial charge is 0.267 e. The van der Waals surface area contributed by atoms with Gasteiger partial charge in [0.25, 0.3) is 10.0 Å². The van der Waals surface area contributed by atoms with E-state index in [0.717, 1.165) is 0 Å². The summed E-state index contributed by atoms with van der Waals surface area (Å²) < 4.78 is 26.6. The van der Waals surface area contributed by atoms with Crippen molar-refractivity contribution < 1.29 is 8.42 Å². The van der Waals surface area contributed by atoms with E-state index in [-0.39, 0.29) is 10.8 Å². The Labute approximate surface area is 116 Å². The molecule has 2 heterocycles. The van der Waals surface area contributed by atoms with Crippen molar-refractivity contribution in [3.05, 3.63) is 29.8 Å². The van der Waals surface area contributed by atoms with Crippen LogP contribution in [-0.4, -0.2) is 35.4 Å². The van der Waals surface area contributed by atoms with Crippen LogP contribution >= 0.6 is 0 Å². The molecule has 0 aliphatic heterocycles. The molecule has 0 aromatic carbocycles. The summed E-state index contributed by atoms with van der Waals surface area (Å²) in [5.74, 6) is 0.367. The predicted octanol–water partition coefficient (Wildman–Crippen LogP) is 0.726. The molecule has 2 aromatic rings. The summed E-state index contributed by atoms with van der Waals surface area (Å²) in [6.07, 6.45) is 2.42.